The van der Waals surface area contributed by atoms with E-state index >= 15 is 0 Å². The van der Waals surface area contributed by atoms with Crippen LogP contribution in [0.25, 0.3) is 0 Å². The van der Waals surface area contributed by atoms with Crippen molar-refractivity contribution >= 4 is 24.8 Å². The highest BCUT2D eigenvalue weighted by molar-refractivity contribution is 5.85. The predicted molar refractivity (Wildman–Crippen MR) is 83.3 cm³/mol. The first-order valence-electron chi connectivity index (χ1n) is 6.62. The largest absolute Gasteiger partial charge is 0.416 e. The maximum Gasteiger partial charge on any atom is 0.416 e. The lowest BCUT2D eigenvalue weighted by molar-refractivity contribution is -0.139. The van der Waals surface area contributed by atoms with Crippen LogP contribution >= 0.6 is 24.8 Å². The maximum absolute atomic E-state index is 14.1. The highest BCUT2D eigenvalue weighted by atomic mass is 35.5. The summed E-state index contributed by atoms with van der Waals surface area (Å²) in [5, 5.41) is 12.0. The van der Waals surface area contributed by atoms with Crippen molar-refractivity contribution in [3.8, 4) is 6.07 Å². The van der Waals surface area contributed by atoms with Gasteiger partial charge >= 0.3 is 6.18 Å². The number of nitriles is 1. The highest BCUT2D eigenvalue weighted by Gasteiger charge is 2.38. The summed E-state index contributed by atoms with van der Waals surface area (Å²) >= 11 is 0. The molecule has 1 aromatic carbocycles. The van der Waals surface area contributed by atoms with Gasteiger partial charge in [0.25, 0.3) is 0 Å². The Kier molecular flexibility index (Phi) is 8.85. The highest BCUT2D eigenvalue weighted by Crippen LogP contribution is 2.38. The SMILES string of the molecule is Cl.Cl.N#CC[C@H](c1c(F)cccc1C(F)(F)F)N1CCNCC1. The van der Waals surface area contributed by atoms with E-state index in [9.17, 15) is 17.6 Å². The molecule has 130 valence electrons. The number of benzene rings is 1. The molecule has 1 heterocycles. The average Bonchev–Trinajstić information content (AvgIpc) is 2.45. The van der Waals surface area contributed by atoms with Gasteiger partial charge in [0, 0.05) is 31.7 Å². The van der Waals surface area contributed by atoms with Crippen molar-refractivity contribution < 1.29 is 17.6 Å². The van der Waals surface area contributed by atoms with E-state index in [-0.39, 0.29) is 31.2 Å². The molecule has 0 bridgehead atoms. The second-order valence-electron chi connectivity index (χ2n) is 4.86. The first-order chi connectivity index (χ1) is 9.95. The van der Waals surface area contributed by atoms with Gasteiger partial charge in [-0.3, -0.25) is 4.90 Å². The molecule has 0 amide bonds. The third-order valence-electron chi connectivity index (χ3n) is 3.57. The Bertz CT molecular complexity index is 540. The fourth-order valence-corrected chi connectivity index (χ4v) is 2.62. The van der Waals surface area contributed by atoms with Gasteiger partial charge in [-0.15, -0.1) is 24.8 Å². The molecule has 0 saturated carbocycles. The summed E-state index contributed by atoms with van der Waals surface area (Å²) in [6.45, 7) is 2.19. The standard InChI is InChI=1S/C14H15F4N3.2ClH/c15-11-3-1-2-10(14(16,17)18)13(11)12(4-5-19)21-8-6-20-7-9-21;;/h1-3,12,20H,4,6-9H2;2*1H/t12-;;/m1../s1. The van der Waals surface area contributed by atoms with Crippen LogP contribution < -0.4 is 5.32 Å². The molecule has 0 unspecified atom stereocenters. The number of rotatable bonds is 3. The number of piperazine rings is 1. The molecular weight excluding hydrogens is 357 g/mol. The van der Waals surface area contributed by atoms with Crippen LogP contribution in [0.4, 0.5) is 17.6 Å². The molecule has 1 N–H and O–H groups in total. The summed E-state index contributed by atoms with van der Waals surface area (Å²) in [6.07, 6.45) is -4.82. The van der Waals surface area contributed by atoms with Gasteiger partial charge in [-0.25, -0.2) is 4.39 Å². The van der Waals surface area contributed by atoms with Crippen LogP contribution in [-0.4, -0.2) is 31.1 Å². The maximum atomic E-state index is 14.1. The topological polar surface area (TPSA) is 39.1 Å². The second kappa shape index (κ2) is 9.28. The smallest absolute Gasteiger partial charge is 0.314 e. The fraction of sp³-hybridized carbons (Fsp3) is 0.500. The van der Waals surface area contributed by atoms with E-state index in [1.165, 1.54) is 0 Å². The number of nitrogens with one attached hydrogen (secondary N) is 1. The molecule has 1 aliphatic heterocycles. The van der Waals surface area contributed by atoms with E-state index in [1.54, 1.807) is 4.90 Å². The van der Waals surface area contributed by atoms with Gasteiger partial charge in [0.05, 0.1) is 24.1 Å². The zero-order chi connectivity index (χ0) is 15.5. The number of alkyl halides is 3. The average molecular weight is 374 g/mol. The number of hydrogen-bond donors (Lipinski definition) is 1. The van der Waals surface area contributed by atoms with Crippen LogP contribution in [0.1, 0.15) is 23.6 Å². The van der Waals surface area contributed by atoms with Crippen LogP contribution in [-0.2, 0) is 6.18 Å². The Hall–Kier alpha value is -1.07. The molecule has 23 heavy (non-hydrogen) atoms. The van der Waals surface area contributed by atoms with Gasteiger partial charge in [-0.2, -0.15) is 18.4 Å². The first-order valence-corrected chi connectivity index (χ1v) is 6.62. The minimum atomic E-state index is -4.64. The lowest BCUT2D eigenvalue weighted by Gasteiger charge is -2.35. The Morgan fingerprint density at radius 2 is 1.83 bits per heavy atom. The van der Waals surface area contributed by atoms with Crippen LogP contribution in [0.2, 0.25) is 0 Å². The number of hydrogen-bond acceptors (Lipinski definition) is 3. The van der Waals surface area contributed by atoms with Crippen molar-refractivity contribution in [3.63, 3.8) is 0 Å². The van der Waals surface area contributed by atoms with Crippen molar-refractivity contribution in [2.75, 3.05) is 26.2 Å². The van der Waals surface area contributed by atoms with Crippen LogP contribution in [0.5, 0.6) is 0 Å². The van der Waals surface area contributed by atoms with E-state index in [2.05, 4.69) is 5.32 Å². The molecule has 0 aliphatic carbocycles. The zero-order valence-electron chi connectivity index (χ0n) is 12.1. The lowest BCUT2D eigenvalue weighted by Crippen LogP contribution is -2.45. The van der Waals surface area contributed by atoms with E-state index in [4.69, 9.17) is 5.26 Å². The zero-order valence-corrected chi connectivity index (χ0v) is 13.7. The summed E-state index contributed by atoms with van der Waals surface area (Å²) < 4.78 is 53.4. The van der Waals surface area contributed by atoms with Gasteiger partial charge in [-0.05, 0) is 12.1 Å². The molecule has 0 aromatic heterocycles. The van der Waals surface area contributed by atoms with Gasteiger partial charge in [0.1, 0.15) is 5.82 Å². The van der Waals surface area contributed by atoms with Crippen LogP contribution in [0.3, 0.4) is 0 Å². The minimum absolute atomic E-state index is 0. The summed E-state index contributed by atoms with van der Waals surface area (Å²) in [4.78, 5) is 1.73. The molecule has 0 radical (unpaired) electrons. The number of nitrogens with zero attached hydrogens (tertiary/aromatic N) is 2. The molecule has 1 fully saturated rings. The van der Waals surface area contributed by atoms with E-state index in [0.717, 1.165) is 18.2 Å². The Morgan fingerprint density at radius 1 is 1.22 bits per heavy atom. The Morgan fingerprint density at radius 3 is 2.35 bits per heavy atom. The molecule has 2 rings (SSSR count). The summed E-state index contributed by atoms with van der Waals surface area (Å²) in [6, 6.07) is 3.92. The second-order valence-corrected chi connectivity index (χ2v) is 4.86. The molecular formula is C14H17Cl2F4N3. The Labute approximate surface area is 144 Å². The normalized spacial score (nSPS) is 16.7. The molecule has 1 atom stereocenters. The van der Waals surface area contributed by atoms with Gasteiger partial charge in [0.15, 0.2) is 0 Å². The Balaban J connectivity index is 0.00000242. The van der Waals surface area contributed by atoms with Crippen LogP contribution in [0, 0.1) is 17.1 Å². The van der Waals surface area contributed by atoms with Gasteiger partial charge in [-0.1, -0.05) is 6.07 Å². The predicted octanol–water partition coefficient (Wildman–Crippen LogP) is 3.55. The minimum Gasteiger partial charge on any atom is -0.314 e. The van der Waals surface area contributed by atoms with E-state index in [0.29, 0.717) is 26.2 Å². The molecule has 1 aliphatic rings. The molecule has 0 spiro atoms. The summed E-state index contributed by atoms with van der Waals surface area (Å²) in [7, 11) is 0. The summed E-state index contributed by atoms with van der Waals surface area (Å²) in [5.74, 6) is -0.913. The third kappa shape index (κ3) is 5.21. The van der Waals surface area contributed by atoms with Gasteiger partial charge in [0.2, 0.25) is 0 Å². The monoisotopic (exact) mass is 373 g/mol. The first kappa shape index (κ1) is 21.9. The summed E-state index contributed by atoms with van der Waals surface area (Å²) in [5.41, 5.74) is -1.42. The number of halogens is 6. The fourth-order valence-electron chi connectivity index (χ4n) is 2.62. The van der Waals surface area contributed by atoms with E-state index < -0.39 is 29.2 Å². The van der Waals surface area contributed by atoms with Crippen molar-refractivity contribution in [2.24, 2.45) is 0 Å². The van der Waals surface area contributed by atoms with Gasteiger partial charge < -0.3 is 5.32 Å². The van der Waals surface area contributed by atoms with Crippen molar-refractivity contribution in [1.82, 2.24) is 10.2 Å². The van der Waals surface area contributed by atoms with Crippen molar-refractivity contribution in [2.45, 2.75) is 18.6 Å². The quantitative estimate of drug-likeness (QED) is 0.823. The molecule has 9 heteroatoms. The van der Waals surface area contributed by atoms with Crippen LogP contribution in [0.15, 0.2) is 18.2 Å². The molecule has 3 nitrogen and oxygen atoms in total. The lowest BCUT2D eigenvalue weighted by atomic mass is 9.95. The molecule has 1 saturated heterocycles. The van der Waals surface area contributed by atoms with Crippen molar-refractivity contribution in [3.05, 3.63) is 35.1 Å². The van der Waals surface area contributed by atoms with E-state index in [1.807, 2.05) is 6.07 Å². The molecule has 1 aromatic rings. The van der Waals surface area contributed by atoms with Crippen molar-refractivity contribution in [1.29, 1.82) is 5.26 Å². The third-order valence-corrected chi connectivity index (χ3v) is 3.57.